The molecule has 0 aromatic carbocycles. The number of aliphatic carboxylic acids is 1. The largest absolute Gasteiger partial charge is 0.480 e. The molecule has 1 unspecified atom stereocenters. The van der Waals surface area contributed by atoms with Crippen LogP contribution in [0.3, 0.4) is 0 Å². The third kappa shape index (κ3) is 5.77. The summed E-state index contributed by atoms with van der Waals surface area (Å²) in [6.07, 6.45) is 4.69. The number of urea groups is 1. The summed E-state index contributed by atoms with van der Waals surface area (Å²) in [4.78, 5) is 22.8. The highest BCUT2D eigenvalue weighted by atomic mass is 32.2. The van der Waals surface area contributed by atoms with Crippen molar-refractivity contribution < 1.29 is 23.1 Å². The van der Waals surface area contributed by atoms with Crippen molar-refractivity contribution in [1.82, 2.24) is 10.6 Å². The van der Waals surface area contributed by atoms with Gasteiger partial charge in [0.2, 0.25) is 0 Å². The number of carbonyl (C=O) groups is 2. The molecule has 0 saturated heterocycles. The van der Waals surface area contributed by atoms with E-state index < -0.39 is 27.9 Å². The molecule has 0 radical (unpaired) electrons. The van der Waals surface area contributed by atoms with Gasteiger partial charge in [-0.1, -0.05) is 12.8 Å². The number of carboxylic acids is 1. The molecule has 2 amide bonds. The maximum Gasteiger partial charge on any atom is 0.326 e. The molecule has 1 aliphatic rings. The maximum absolute atomic E-state index is 11.8. The van der Waals surface area contributed by atoms with Crippen LogP contribution in [0.25, 0.3) is 0 Å². The highest BCUT2D eigenvalue weighted by molar-refractivity contribution is 7.90. The molecule has 1 aliphatic carbocycles. The first-order valence-electron chi connectivity index (χ1n) is 6.60. The number of rotatable bonds is 6. The third-order valence-corrected chi connectivity index (χ3v) is 4.48. The van der Waals surface area contributed by atoms with Crippen LogP contribution in [0.15, 0.2) is 0 Å². The molecule has 8 heteroatoms. The first-order valence-corrected chi connectivity index (χ1v) is 8.67. The van der Waals surface area contributed by atoms with Crippen molar-refractivity contribution in [3.63, 3.8) is 0 Å². The van der Waals surface area contributed by atoms with Gasteiger partial charge in [-0.05, 0) is 26.2 Å². The smallest absolute Gasteiger partial charge is 0.326 e. The Balaban J connectivity index is 2.52. The number of amides is 2. The Kier molecular flexibility index (Phi) is 5.38. The van der Waals surface area contributed by atoms with E-state index in [9.17, 15) is 18.0 Å². The minimum atomic E-state index is -3.26. The second kappa shape index (κ2) is 6.43. The lowest BCUT2D eigenvalue weighted by Gasteiger charge is -2.26. The zero-order chi connectivity index (χ0) is 15.4. The van der Waals surface area contributed by atoms with Crippen LogP contribution in [0.4, 0.5) is 4.79 Å². The molecule has 0 bridgehead atoms. The van der Waals surface area contributed by atoms with Gasteiger partial charge in [-0.2, -0.15) is 0 Å². The van der Waals surface area contributed by atoms with Crippen molar-refractivity contribution in [2.24, 2.45) is 0 Å². The van der Waals surface area contributed by atoms with Crippen molar-refractivity contribution in [3.05, 3.63) is 0 Å². The molecule has 0 aliphatic heterocycles. The SMILES string of the molecule is CC1(NC(=O)NC(CCS(C)(=O)=O)C(=O)O)CCCC1. The van der Waals surface area contributed by atoms with Gasteiger partial charge >= 0.3 is 12.0 Å². The number of nitrogens with one attached hydrogen (secondary N) is 2. The standard InChI is InChI=1S/C12H22N2O5S/c1-12(6-3-4-7-12)14-11(17)13-9(10(15)16)5-8-20(2,18)19/h9H,3-8H2,1-2H3,(H,15,16)(H2,13,14,17). The number of sulfone groups is 1. The molecule has 0 heterocycles. The Morgan fingerprint density at radius 3 is 2.30 bits per heavy atom. The van der Waals surface area contributed by atoms with Gasteiger partial charge in [-0.15, -0.1) is 0 Å². The van der Waals surface area contributed by atoms with E-state index in [0.717, 1.165) is 31.9 Å². The third-order valence-electron chi connectivity index (χ3n) is 3.50. The number of hydrogen-bond acceptors (Lipinski definition) is 4. The number of carbonyl (C=O) groups excluding carboxylic acids is 1. The van der Waals surface area contributed by atoms with Crippen molar-refractivity contribution >= 4 is 21.8 Å². The van der Waals surface area contributed by atoms with Gasteiger partial charge in [0.05, 0.1) is 5.75 Å². The summed E-state index contributed by atoms with van der Waals surface area (Å²) in [6.45, 7) is 1.92. The fourth-order valence-corrected chi connectivity index (χ4v) is 3.00. The van der Waals surface area contributed by atoms with Crippen molar-refractivity contribution in [2.75, 3.05) is 12.0 Å². The van der Waals surface area contributed by atoms with Crippen LogP contribution in [-0.2, 0) is 14.6 Å². The van der Waals surface area contributed by atoms with Crippen LogP contribution in [-0.4, -0.2) is 49.1 Å². The Hall–Kier alpha value is -1.31. The van der Waals surface area contributed by atoms with Crippen molar-refractivity contribution in [2.45, 2.75) is 50.6 Å². The van der Waals surface area contributed by atoms with Gasteiger partial charge in [0.1, 0.15) is 15.9 Å². The molecule has 7 nitrogen and oxygen atoms in total. The molecular formula is C12H22N2O5S. The van der Waals surface area contributed by atoms with E-state index in [2.05, 4.69) is 10.6 Å². The average Bonchev–Trinajstić information content (AvgIpc) is 2.69. The van der Waals surface area contributed by atoms with Gasteiger partial charge in [-0.3, -0.25) is 0 Å². The molecule has 1 rings (SSSR count). The lowest BCUT2D eigenvalue weighted by atomic mass is 10.0. The van der Waals surface area contributed by atoms with Crippen LogP contribution in [0.2, 0.25) is 0 Å². The summed E-state index contributed by atoms with van der Waals surface area (Å²) in [6, 6.07) is -1.76. The van der Waals surface area contributed by atoms with E-state index in [1.165, 1.54) is 0 Å². The van der Waals surface area contributed by atoms with Crippen LogP contribution >= 0.6 is 0 Å². The van der Waals surface area contributed by atoms with Gasteiger partial charge in [0.15, 0.2) is 0 Å². The number of hydrogen-bond donors (Lipinski definition) is 3. The molecule has 1 saturated carbocycles. The Labute approximate surface area is 119 Å². The molecule has 116 valence electrons. The molecule has 1 fully saturated rings. The summed E-state index contributed by atoms with van der Waals surface area (Å²) >= 11 is 0. The monoisotopic (exact) mass is 306 g/mol. The highest BCUT2D eigenvalue weighted by Gasteiger charge is 2.31. The normalized spacial score (nSPS) is 19.3. The Bertz CT molecular complexity index is 468. The zero-order valence-electron chi connectivity index (χ0n) is 11.8. The van der Waals surface area contributed by atoms with E-state index in [1.807, 2.05) is 6.92 Å². The summed E-state index contributed by atoms with van der Waals surface area (Å²) in [5.41, 5.74) is -0.302. The second-order valence-electron chi connectivity index (χ2n) is 5.68. The Morgan fingerprint density at radius 2 is 1.85 bits per heavy atom. The van der Waals surface area contributed by atoms with E-state index in [0.29, 0.717) is 0 Å². The first kappa shape index (κ1) is 16.7. The fraction of sp³-hybridized carbons (Fsp3) is 0.833. The predicted molar refractivity (Wildman–Crippen MR) is 74.3 cm³/mol. The van der Waals surface area contributed by atoms with E-state index in [1.54, 1.807) is 0 Å². The zero-order valence-corrected chi connectivity index (χ0v) is 12.6. The molecule has 0 aromatic heterocycles. The van der Waals surface area contributed by atoms with Gasteiger partial charge in [-0.25, -0.2) is 18.0 Å². The molecule has 1 atom stereocenters. The Morgan fingerprint density at radius 1 is 1.30 bits per heavy atom. The van der Waals surface area contributed by atoms with Crippen LogP contribution in [0.5, 0.6) is 0 Å². The highest BCUT2D eigenvalue weighted by Crippen LogP contribution is 2.28. The first-order chi connectivity index (χ1) is 9.11. The van der Waals surface area contributed by atoms with Gasteiger partial charge < -0.3 is 15.7 Å². The van der Waals surface area contributed by atoms with Crippen LogP contribution in [0, 0.1) is 0 Å². The van der Waals surface area contributed by atoms with Crippen molar-refractivity contribution in [3.8, 4) is 0 Å². The molecule has 0 aromatic rings. The predicted octanol–water partition coefficient (Wildman–Crippen LogP) is 0.506. The second-order valence-corrected chi connectivity index (χ2v) is 7.94. The minimum absolute atomic E-state index is 0.141. The quantitative estimate of drug-likeness (QED) is 0.661. The fourth-order valence-electron chi connectivity index (χ4n) is 2.34. The van der Waals surface area contributed by atoms with E-state index >= 15 is 0 Å². The number of carboxylic acid groups (broad SMARTS) is 1. The van der Waals surface area contributed by atoms with Gasteiger partial charge in [0, 0.05) is 11.8 Å². The molecule has 0 spiro atoms. The molecule has 3 N–H and O–H groups in total. The summed E-state index contributed by atoms with van der Waals surface area (Å²) in [5.74, 6) is -1.51. The summed E-state index contributed by atoms with van der Waals surface area (Å²) in [7, 11) is -3.26. The minimum Gasteiger partial charge on any atom is -0.480 e. The van der Waals surface area contributed by atoms with Gasteiger partial charge in [0.25, 0.3) is 0 Å². The summed E-state index contributed by atoms with van der Waals surface area (Å²) < 4.78 is 22.1. The lowest BCUT2D eigenvalue weighted by molar-refractivity contribution is -0.139. The van der Waals surface area contributed by atoms with Crippen LogP contribution in [0.1, 0.15) is 39.0 Å². The van der Waals surface area contributed by atoms with E-state index in [4.69, 9.17) is 5.11 Å². The van der Waals surface area contributed by atoms with E-state index in [-0.39, 0.29) is 17.7 Å². The van der Waals surface area contributed by atoms with Crippen LogP contribution < -0.4 is 10.6 Å². The average molecular weight is 306 g/mol. The summed E-state index contributed by atoms with van der Waals surface area (Å²) in [5, 5.41) is 14.1. The maximum atomic E-state index is 11.8. The molecular weight excluding hydrogens is 284 g/mol. The topological polar surface area (TPSA) is 113 Å². The van der Waals surface area contributed by atoms with Crippen molar-refractivity contribution in [1.29, 1.82) is 0 Å². The molecule has 20 heavy (non-hydrogen) atoms. The lowest BCUT2D eigenvalue weighted by Crippen LogP contribution is -2.53.